The van der Waals surface area contributed by atoms with Crippen LogP contribution in [0.4, 0.5) is 0 Å². The van der Waals surface area contributed by atoms with Crippen LogP contribution in [0.25, 0.3) is 22.6 Å². The molecule has 2 aliphatic heterocycles. The van der Waals surface area contributed by atoms with Gasteiger partial charge in [-0.1, -0.05) is 32.9 Å². The Morgan fingerprint density at radius 2 is 1.62 bits per heavy atom. The van der Waals surface area contributed by atoms with Gasteiger partial charge in [0.2, 0.25) is 11.8 Å². The first-order chi connectivity index (χ1) is 22.8. The van der Waals surface area contributed by atoms with Gasteiger partial charge in [0.25, 0.3) is 0 Å². The van der Waals surface area contributed by atoms with Crippen LogP contribution in [0.1, 0.15) is 94.3 Å². The quantitative estimate of drug-likeness (QED) is 0.197. The highest BCUT2D eigenvalue weighted by Crippen LogP contribution is 2.42. The van der Waals surface area contributed by atoms with Gasteiger partial charge in [-0.2, -0.15) is 15.3 Å². The van der Waals surface area contributed by atoms with Crippen molar-refractivity contribution >= 4 is 11.8 Å². The highest BCUT2D eigenvalue weighted by molar-refractivity contribution is 5.80. The van der Waals surface area contributed by atoms with Gasteiger partial charge in [-0.15, -0.1) is 0 Å². The van der Waals surface area contributed by atoms with Crippen LogP contribution >= 0.6 is 0 Å². The number of rotatable bonds is 10. The van der Waals surface area contributed by atoms with E-state index in [1.807, 2.05) is 59.5 Å². The van der Waals surface area contributed by atoms with Crippen molar-refractivity contribution in [1.29, 1.82) is 0 Å². The molecule has 0 radical (unpaired) electrons. The van der Waals surface area contributed by atoms with Crippen LogP contribution in [0, 0.1) is 5.92 Å². The third-order valence-corrected chi connectivity index (χ3v) is 9.81. The summed E-state index contributed by atoms with van der Waals surface area (Å²) in [7, 11) is 0. The van der Waals surface area contributed by atoms with Crippen molar-refractivity contribution in [2.45, 2.75) is 89.8 Å². The Morgan fingerprint density at radius 1 is 0.851 bits per heavy atom. The van der Waals surface area contributed by atoms with E-state index in [1.165, 1.54) is 0 Å². The Bertz CT molecular complexity index is 1810. The molecular formula is C37H41N7O3. The SMILES string of the molecule is CC(C)c1ccc(-c2ccc(Oc3cc(-c4nc(C5CC(=O)N(C6CC6)C5)n(C5CC5)n4)ccc3CN3C[C@@H](C)CC3=O)cc2)nn1. The second kappa shape index (κ2) is 11.9. The van der Waals surface area contributed by atoms with Gasteiger partial charge in [-0.25, -0.2) is 9.67 Å². The zero-order valence-corrected chi connectivity index (χ0v) is 27.3. The fraction of sp³-hybridized carbons (Fsp3) is 0.459. The average Bonchev–Trinajstić information content (AvgIpc) is 3.99. The molecule has 2 aliphatic carbocycles. The lowest BCUT2D eigenvalue weighted by Crippen LogP contribution is -2.27. The molecule has 0 bridgehead atoms. The first-order valence-corrected chi connectivity index (χ1v) is 17.1. The van der Waals surface area contributed by atoms with Crippen LogP contribution in [0.3, 0.4) is 0 Å². The van der Waals surface area contributed by atoms with Crippen molar-refractivity contribution in [2.75, 3.05) is 13.1 Å². The number of likely N-dealkylation sites (tertiary alicyclic amines) is 2. The number of carbonyl (C=O) groups is 2. The maximum absolute atomic E-state index is 12.8. The smallest absolute Gasteiger partial charge is 0.223 e. The van der Waals surface area contributed by atoms with Gasteiger partial charge in [0.05, 0.1) is 17.4 Å². The predicted octanol–water partition coefficient (Wildman–Crippen LogP) is 6.50. The number of nitrogens with zero attached hydrogens (tertiary/aromatic N) is 7. The Hall–Kier alpha value is -4.60. The Kier molecular flexibility index (Phi) is 7.53. The van der Waals surface area contributed by atoms with Crippen LogP contribution in [0.5, 0.6) is 11.5 Å². The van der Waals surface area contributed by atoms with Crippen LogP contribution in [-0.2, 0) is 16.1 Å². The summed E-state index contributed by atoms with van der Waals surface area (Å²) < 4.78 is 8.64. The molecule has 4 heterocycles. The first kappa shape index (κ1) is 29.8. The molecule has 0 N–H and O–H groups in total. The van der Waals surface area contributed by atoms with E-state index in [4.69, 9.17) is 14.8 Å². The molecule has 2 aromatic carbocycles. The molecule has 47 heavy (non-hydrogen) atoms. The van der Waals surface area contributed by atoms with E-state index in [0.717, 1.165) is 72.7 Å². The molecule has 0 spiro atoms. The number of carbonyl (C=O) groups excluding carboxylic acids is 2. The molecule has 4 aliphatic rings. The van der Waals surface area contributed by atoms with Crippen molar-refractivity contribution in [3.8, 4) is 34.1 Å². The summed E-state index contributed by atoms with van der Waals surface area (Å²) in [6.45, 7) is 8.26. The predicted molar refractivity (Wildman–Crippen MR) is 177 cm³/mol. The highest BCUT2D eigenvalue weighted by Gasteiger charge is 2.43. The van der Waals surface area contributed by atoms with E-state index in [1.54, 1.807) is 0 Å². The lowest BCUT2D eigenvalue weighted by atomic mass is 10.1. The van der Waals surface area contributed by atoms with Crippen molar-refractivity contribution < 1.29 is 14.3 Å². The standard InChI is InChI=1S/C37H41N7O3/c1-22(2)31-14-15-32(40-39-31)24-6-12-30(13-7-24)47-33-17-25(4-5-26(33)20-42-19-23(3)16-34(42)45)36-38-37(44(41-36)29-10-11-29)27-18-35(46)43(21-27)28-8-9-28/h4-7,12-15,17,22-23,27-29H,8-11,16,18-21H2,1-3H3/t23-,27?/m0/s1. The molecule has 2 amide bonds. The lowest BCUT2D eigenvalue weighted by Gasteiger charge is -2.19. The van der Waals surface area contributed by atoms with Crippen molar-refractivity contribution in [1.82, 2.24) is 34.8 Å². The monoisotopic (exact) mass is 631 g/mol. The van der Waals surface area contributed by atoms with Crippen molar-refractivity contribution in [3.63, 3.8) is 0 Å². The second-order valence-corrected chi connectivity index (χ2v) is 14.2. The van der Waals surface area contributed by atoms with Crippen LogP contribution in [0.15, 0.2) is 54.6 Å². The molecule has 242 valence electrons. The Labute approximate surface area is 275 Å². The molecule has 2 aromatic heterocycles. The number of amides is 2. The molecule has 10 nitrogen and oxygen atoms in total. The topological polar surface area (TPSA) is 106 Å². The van der Waals surface area contributed by atoms with Gasteiger partial charge in [0, 0.05) is 61.1 Å². The van der Waals surface area contributed by atoms with E-state index in [2.05, 4.69) is 40.6 Å². The molecule has 10 heteroatoms. The normalized spacial score (nSPS) is 21.4. The van der Waals surface area contributed by atoms with Gasteiger partial charge in [0.1, 0.15) is 17.3 Å². The second-order valence-electron chi connectivity index (χ2n) is 14.2. The van der Waals surface area contributed by atoms with Crippen LogP contribution in [-0.4, -0.2) is 65.7 Å². The van der Waals surface area contributed by atoms with E-state index < -0.39 is 0 Å². The maximum atomic E-state index is 12.8. The summed E-state index contributed by atoms with van der Waals surface area (Å²) in [6, 6.07) is 18.7. The van der Waals surface area contributed by atoms with E-state index in [0.29, 0.717) is 60.6 Å². The Balaban J connectivity index is 1.09. The number of benzene rings is 2. The van der Waals surface area contributed by atoms with E-state index in [-0.39, 0.29) is 17.7 Å². The van der Waals surface area contributed by atoms with Gasteiger partial charge >= 0.3 is 0 Å². The third kappa shape index (κ3) is 6.13. The molecule has 1 unspecified atom stereocenters. The molecule has 2 saturated carbocycles. The van der Waals surface area contributed by atoms with Gasteiger partial charge in [-0.05, 0) is 80.0 Å². The Morgan fingerprint density at radius 3 is 2.28 bits per heavy atom. The van der Waals surface area contributed by atoms with E-state index in [9.17, 15) is 9.59 Å². The van der Waals surface area contributed by atoms with Crippen molar-refractivity contribution in [3.05, 3.63) is 71.7 Å². The van der Waals surface area contributed by atoms with Crippen LogP contribution < -0.4 is 4.74 Å². The molecule has 2 atom stereocenters. The molecule has 4 fully saturated rings. The summed E-state index contributed by atoms with van der Waals surface area (Å²) in [5.74, 6) is 4.04. The highest BCUT2D eigenvalue weighted by atomic mass is 16.5. The number of hydrogen-bond donors (Lipinski definition) is 0. The number of hydrogen-bond acceptors (Lipinski definition) is 7. The minimum absolute atomic E-state index is 0.0629. The largest absolute Gasteiger partial charge is 0.457 e. The zero-order chi connectivity index (χ0) is 32.2. The fourth-order valence-electron chi connectivity index (χ4n) is 6.84. The fourth-order valence-corrected chi connectivity index (χ4v) is 6.84. The van der Waals surface area contributed by atoms with E-state index >= 15 is 0 Å². The number of ether oxygens (including phenoxy) is 1. The summed E-state index contributed by atoms with van der Waals surface area (Å²) in [5, 5.41) is 13.8. The first-order valence-electron chi connectivity index (χ1n) is 17.1. The van der Waals surface area contributed by atoms with Gasteiger partial charge in [-0.3, -0.25) is 9.59 Å². The minimum atomic E-state index is 0.0629. The molecule has 2 saturated heterocycles. The van der Waals surface area contributed by atoms with Gasteiger partial charge < -0.3 is 14.5 Å². The minimum Gasteiger partial charge on any atom is -0.457 e. The summed E-state index contributed by atoms with van der Waals surface area (Å²) in [5.41, 5.74) is 4.51. The van der Waals surface area contributed by atoms with Crippen LogP contribution in [0.2, 0.25) is 0 Å². The van der Waals surface area contributed by atoms with Crippen molar-refractivity contribution in [2.24, 2.45) is 5.92 Å². The molecule has 4 aromatic rings. The average molecular weight is 632 g/mol. The van der Waals surface area contributed by atoms with Gasteiger partial charge in [0.15, 0.2) is 5.82 Å². The third-order valence-electron chi connectivity index (χ3n) is 9.81. The lowest BCUT2D eigenvalue weighted by molar-refractivity contribution is -0.129. The molecular weight excluding hydrogens is 590 g/mol. The maximum Gasteiger partial charge on any atom is 0.223 e. The summed E-state index contributed by atoms with van der Waals surface area (Å²) in [4.78, 5) is 34.6. The summed E-state index contributed by atoms with van der Waals surface area (Å²) in [6.07, 6.45) is 5.46. The number of aromatic nitrogens is 5. The summed E-state index contributed by atoms with van der Waals surface area (Å²) >= 11 is 0. The molecule has 8 rings (SSSR count). The zero-order valence-electron chi connectivity index (χ0n) is 27.3.